The molecule has 0 saturated heterocycles. The Hall–Kier alpha value is -0.900. The highest BCUT2D eigenvalue weighted by Crippen LogP contribution is 2.21. The van der Waals surface area contributed by atoms with E-state index in [0.29, 0.717) is 12.0 Å². The third kappa shape index (κ3) is 5.77. The van der Waals surface area contributed by atoms with Crippen molar-refractivity contribution in [2.45, 2.75) is 45.7 Å². The number of nitrogens with zero attached hydrogens (tertiary/aromatic N) is 1. The molecule has 0 aliphatic heterocycles. The van der Waals surface area contributed by atoms with Crippen LogP contribution in [0.3, 0.4) is 0 Å². The van der Waals surface area contributed by atoms with Gasteiger partial charge in [0, 0.05) is 32.3 Å². The van der Waals surface area contributed by atoms with Crippen LogP contribution in [0.25, 0.3) is 0 Å². The molecule has 0 spiro atoms. The number of hydrogen-bond donors (Lipinski definition) is 1. The van der Waals surface area contributed by atoms with Gasteiger partial charge >= 0.3 is 0 Å². The van der Waals surface area contributed by atoms with Gasteiger partial charge < -0.3 is 10.5 Å². The summed E-state index contributed by atoms with van der Waals surface area (Å²) >= 11 is 0. The summed E-state index contributed by atoms with van der Waals surface area (Å²) < 4.78 is 5.27. The lowest BCUT2D eigenvalue weighted by Gasteiger charge is -2.34. The standard InChI is InChI=1S/C18H32N2O/c1-5-17(6-2)20(12-13-21-4)14-15(3)18(19)16-10-8-7-9-11-16/h7-11,15,17-18H,5-6,12-14,19H2,1-4H3. The number of rotatable bonds is 10. The van der Waals surface area contributed by atoms with Crippen LogP contribution >= 0.6 is 0 Å². The fourth-order valence-electron chi connectivity index (χ4n) is 2.92. The summed E-state index contributed by atoms with van der Waals surface area (Å²) in [4.78, 5) is 2.54. The first-order chi connectivity index (χ1) is 10.1. The maximum Gasteiger partial charge on any atom is 0.0589 e. The second-order valence-electron chi connectivity index (χ2n) is 5.87. The van der Waals surface area contributed by atoms with Crippen molar-refractivity contribution in [3.63, 3.8) is 0 Å². The van der Waals surface area contributed by atoms with Crippen LogP contribution in [0.2, 0.25) is 0 Å². The number of nitrogens with two attached hydrogens (primary N) is 1. The van der Waals surface area contributed by atoms with E-state index in [9.17, 15) is 0 Å². The largest absolute Gasteiger partial charge is 0.383 e. The lowest BCUT2D eigenvalue weighted by atomic mass is 9.94. The van der Waals surface area contributed by atoms with Crippen LogP contribution in [-0.4, -0.2) is 37.7 Å². The minimum atomic E-state index is 0.0885. The molecule has 1 aromatic rings. The van der Waals surface area contributed by atoms with Crippen LogP contribution in [0.4, 0.5) is 0 Å². The van der Waals surface area contributed by atoms with Crippen LogP contribution in [0, 0.1) is 5.92 Å². The minimum absolute atomic E-state index is 0.0885. The molecule has 0 bridgehead atoms. The van der Waals surface area contributed by atoms with E-state index in [4.69, 9.17) is 10.5 Å². The van der Waals surface area contributed by atoms with Crippen molar-refractivity contribution in [2.75, 3.05) is 26.8 Å². The zero-order valence-corrected chi connectivity index (χ0v) is 14.1. The Morgan fingerprint density at radius 1 is 1.14 bits per heavy atom. The van der Waals surface area contributed by atoms with Gasteiger partial charge in [-0.05, 0) is 24.3 Å². The first-order valence-electron chi connectivity index (χ1n) is 8.17. The zero-order chi connectivity index (χ0) is 15.7. The Bertz CT molecular complexity index is 365. The van der Waals surface area contributed by atoms with E-state index in [1.54, 1.807) is 7.11 Å². The summed E-state index contributed by atoms with van der Waals surface area (Å²) in [6.45, 7) is 9.55. The van der Waals surface area contributed by atoms with E-state index in [1.807, 2.05) is 6.07 Å². The van der Waals surface area contributed by atoms with E-state index in [-0.39, 0.29) is 6.04 Å². The van der Waals surface area contributed by atoms with Gasteiger partial charge in [-0.2, -0.15) is 0 Å². The van der Waals surface area contributed by atoms with E-state index >= 15 is 0 Å². The Kier molecular flexibility index (Phi) is 8.58. The molecule has 0 aliphatic carbocycles. The predicted octanol–water partition coefficient (Wildman–Crippen LogP) is 3.46. The molecule has 0 saturated carbocycles. The van der Waals surface area contributed by atoms with Crippen molar-refractivity contribution >= 4 is 0 Å². The normalized spacial score (nSPS) is 14.6. The van der Waals surface area contributed by atoms with Gasteiger partial charge in [-0.15, -0.1) is 0 Å². The van der Waals surface area contributed by atoms with Gasteiger partial charge in [-0.3, -0.25) is 4.90 Å². The van der Waals surface area contributed by atoms with Crippen molar-refractivity contribution < 1.29 is 4.74 Å². The van der Waals surface area contributed by atoms with Crippen molar-refractivity contribution in [3.05, 3.63) is 35.9 Å². The lowest BCUT2D eigenvalue weighted by Crippen LogP contribution is -2.41. The third-order valence-electron chi connectivity index (χ3n) is 4.36. The Morgan fingerprint density at radius 2 is 1.76 bits per heavy atom. The molecule has 2 N–H and O–H groups in total. The molecule has 0 fully saturated rings. The first kappa shape index (κ1) is 18.1. The van der Waals surface area contributed by atoms with Crippen molar-refractivity contribution in [2.24, 2.45) is 11.7 Å². The second-order valence-corrected chi connectivity index (χ2v) is 5.87. The van der Waals surface area contributed by atoms with Crippen LogP contribution in [0.1, 0.15) is 45.2 Å². The van der Waals surface area contributed by atoms with Gasteiger partial charge in [-0.25, -0.2) is 0 Å². The van der Waals surface area contributed by atoms with Crippen molar-refractivity contribution in [1.29, 1.82) is 0 Å². The van der Waals surface area contributed by atoms with Crippen LogP contribution in [0.5, 0.6) is 0 Å². The summed E-state index contributed by atoms with van der Waals surface area (Å²) in [5.74, 6) is 0.421. The van der Waals surface area contributed by atoms with E-state index in [0.717, 1.165) is 19.7 Å². The average Bonchev–Trinajstić information content (AvgIpc) is 2.53. The zero-order valence-electron chi connectivity index (χ0n) is 14.1. The smallest absolute Gasteiger partial charge is 0.0589 e. The second kappa shape index (κ2) is 9.93. The average molecular weight is 292 g/mol. The van der Waals surface area contributed by atoms with E-state index in [1.165, 1.54) is 18.4 Å². The Labute approximate surface area is 130 Å². The highest BCUT2D eigenvalue weighted by molar-refractivity contribution is 5.19. The highest BCUT2D eigenvalue weighted by Gasteiger charge is 2.21. The van der Waals surface area contributed by atoms with Gasteiger partial charge in [0.25, 0.3) is 0 Å². The topological polar surface area (TPSA) is 38.5 Å². The highest BCUT2D eigenvalue weighted by atomic mass is 16.5. The summed E-state index contributed by atoms with van der Waals surface area (Å²) in [6, 6.07) is 11.1. The number of methoxy groups -OCH3 is 1. The number of benzene rings is 1. The first-order valence-corrected chi connectivity index (χ1v) is 8.17. The molecule has 2 unspecified atom stereocenters. The molecule has 3 heteroatoms. The number of hydrogen-bond acceptors (Lipinski definition) is 3. The quantitative estimate of drug-likeness (QED) is 0.718. The molecule has 21 heavy (non-hydrogen) atoms. The Morgan fingerprint density at radius 3 is 2.29 bits per heavy atom. The molecule has 0 aromatic heterocycles. The SMILES string of the molecule is CCC(CC)N(CCOC)CC(C)C(N)c1ccccc1. The maximum atomic E-state index is 6.44. The molecular formula is C18H32N2O. The molecule has 120 valence electrons. The van der Waals surface area contributed by atoms with Gasteiger partial charge in [0.05, 0.1) is 6.61 Å². The third-order valence-corrected chi connectivity index (χ3v) is 4.36. The summed E-state index contributed by atoms with van der Waals surface area (Å²) in [6.07, 6.45) is 2.35. The molecule has 1 aromatic carbocycles. The van der Waals surface area contributed by atoms with Gasteiger partial charge in [0.2, 0.25) is 0 Å². The summed E-state index contributed by atoms with van der Waals surface area (Å²) in [5, 5.41) is 0. The monoisotopic (exact) mass is 292 g/mol. The molecular weight excluding hydrogens is 260 g/mol. The maximum absolute atomic E-state index is 6.44. The van der Waals surface area contributed by atoms with Gasteiger partial charge in [0.15, 0.2) is 0 Å². The van der Waals surface area contributed by atoms with Crippen molar-refractivity contribution in [3.8, 4) is 0 Å². The van der Waals surface area contributed by atoms with Crippen molar-refractivity contribution in [1.82, 2.24) is 4.90 Å². The fraction of sp³-hybridized carbons (Fsp3) is 0.667. The van der Waals surface area contributed by atoms with Gasteiger partial charge in [0.1, 0.15) is 0 Å². The summed E-state index contributed by atoms with van der Waals surface area (Å²) in [5.41, 5.74) is 7.66. The van der Waals surface area contributed by atoms with E-state index < -0.39 is 0 Å². The lowest BCUT2D eigenvalue weighted by molar-refractivity contribution is 0.0996. The molecule has 3 nitrogen and oxygen atoms in total. The molecule has 0 radical (unpaired) electrons. The van der Waals surface area contributed by atoms with Gasteiger partial charge in [-0.1, -0.05) is 51.1 Å². The Balaban J connectivity index is 2.67. The fourth-order valence-corrected chi connectivity index (χ4v) is 2.92. The number of ether oxygens (including phenoxy) is 1. The molecule has 2 atom stereocenters. The van der Waals surface area contributed by atoms with Crippen LogP contribution in [0.15, 0.2) is 30.3 Å². The van der Waals surface area contributed by atoms with Crippen LogP contribution in [-0.2, 0) is 4.74 Å². The summed E-state index contributed by atoms with van der Waals surface area (Å²) in [7, 11) is 1.77. The molecule has 1 rings (SSSR count). The molecule has 0 heterocycles. The minimum Gasteiger partial charge on any atom is -0.383 e. The van der Waals surface area contributed by atoms with Crippen LogP contribution < -0.4 is 5.73 Å². The molecule has 0 amide bonds. The predicted molar refractivity (Wildman–Crippen MR) is 90.4 cm³/mol. The van der Waals surface area contributed by atoms with E-state index in [2.05, 4.69) is 49.9 Å². The molecule has 0 aliphatic rings.